The number of rotatable bonds is 4. The van der Waals surface area contributed by atoms with Crippen LogP contribution in [0.3, 0.4) is 0 Å². The van der Waals surface area contributed by atoms with Gasteiger partial charge in [0.15, 0.2) is 4.80 Å². The summed E-state index contributed by atoms with van der Waals surface area (Å²) in [5.41, 5.74) is 3.55. The van der Waals surface area contributed by atoms with Gasteiger partial charge in [-0.3, -0.25) is 0 Å². The average Bonchev–Trinajstić information content (AvgIpc) is 3.18. The first kappa shape index (κ1) is 17.3. The highest BCUT2D eigenvalue weighted by atomic mass is 35.5. The quantitative estimate of drug-likeness (QED) is 0.618. The minimum atomic E-state index is 0.447. The number of ether oxygens (including phenoxy) is 1. The molecule has 3 rings (SSSR count). The van der Waals surface area contributed by atoms with Gasteiger partial charge < -0.3 is 9.30 Å². The number of methoxy groups -OCH3 is 1. The highest BCUT2D eigenvalue weighted by Crippen LogP contribution is 2.23. The molecule has 2 aromatic heterocycles. The molecule has 4 nitrogen and oxygen atoms in total. The van der Waals surface area contributed by atoms with Crippen LogP contribution in [-0.4, -0.2) is 21.6 Å². The van der Waals surface area contributed by atoms with Crippen molar-refractivity contribution in [1.82, 2.24) is 9.55 Å². The third-order valence-corrected chi connectivity index (χ3v) is 5.36. The van der Waals surface area contributed by atoms with Crippen molar-refractivity contribution in [2.45, 2.75) is 13.5 Å². The molecule has 0 radical (unpaired) electrons. The lowest BCUT2D eigenvalue weighted by Gasteiger charge is -2.07. The number of nitrogens with zero attached hydrogens (tertiary/aromatic N) is 3. The Kier molecular flexibility index (Phi) is 5.45. The van der Waals surface area contributed by atoms with Crippen molar-refractivity contribution in [2.24, 2.45) is 4.99 Å². The minimum Gasteiger partial charge on any atom is -0.496 e. The summed E-state index contributed by atoms with van der Waals surface area (Å²) in [4.78, 5) is 11.4. The summed E-state index contributed by atoms with van der Waals surface area (Å²) in [6.07, 6.45) is 2.06. The van der Waals surface area contributed by atoms with E-state index < -0.39 is 0 Å². The molecule has 0 fully saturated rings. The zero-order chi connectivity index (χ0) is 17.1. The van der Waals surface area contributed by atoms with Crippen molar-refractivity contribution < 1.29 is 4.74 Å². The molecular weight excluding hydrogens is 382 g/mol. The summed E-state index contributed by atoms with van der Waals surface area (Å²) >= 11 is 14.8. The Morgan fingerprint density at radius 2 is 2.29 bits per heavy atom. The molecule has 24 heavy (non-hydrogen) atoms. The second-order valence-electron chi connectivity index (χ2n) is 4.99. The van der Waals surface area contributed by atoms with Crippen LogP contribution in [0.5, 0.6) is 5.75 Å². The lowest BCUT2D eigenvalue weighted by atomic mass is 10.2. The second kappa shape index (κ2) is 7.57. The first-order valence-electron chi connectivity index (χ1n) is 7.03. The molecule has 0 saturated heterocycles. The number of benzene rings is 1. The standard InChI is InChI=1S/C16H14ClN3OS3/c1-10-6-20(7-12-8-23-9-18-12)16(24-10)19-15(22)13-5-11(17)3-4-14(13)21-2/h3-6,8-9H,7H2,1-2H3. The molecule has 0 spiro atoms. The van der Waals surface area contributed by atoms with E-state index in [0.29, 0.717) is 27.9 Å². The van der Waals surface area contributed by atoms with Crippen LogP contribution >= 0.6 is 46.5 Å². The SMILES string of the molecule is COc1ccc(Cl)cc1C(=S)N=c1sc(C)cn1Cc1cscn1. The van der Waals surface area contributed by atoms with Gasteiger partial charge in [-0.25, -0.2) is 9.98 Å². The Bertz CT molecular complexity index is 928. The number of thiocarbonyl (C=S) groups is 1. The van der Waals surface area contributed by atoms with E-state index in [-0.39, 0.29) is 0 Å². The summed E-state index contributed by atoms with van der Waals surface area (Å²) < 4.78 is 7.42. The zero-order valence-corrected chi connectivity index (χ0v) is 16.2. The molecule has 0 atom stereocenters. The Morgan fingerprint density at radius 1 is 1.46 bits per heavy atom. The Morgan fingerprint density at radius 3 is 3.00 bits per heavy atom. The van der Waals surface area contributed by atoms with Crippen molar-refractivity contribution in [3.63, 3.8) is 0 Å². The fraction of sp³-hybridized carbons (Fsp3) is 0.188. The molecule has 2 heterocycles. The lowest BCUT2D eigenvalue weighted by molar-refractivity contribution is 0.414. The topological polar surface area (TPSA) is 39.4 Å². The van der Waals surface area contributed by atoms with Crippen LogP contribution in [0.15, 0.2) is 40.3 Å². The van der Waals surface area contributed by atoms with Gasteiger partial charge in [0, 0.05) is 21.5 Å². The third kappa shape index (κ3) is 3.92. The van der Waals surface area contributed by atoms with Gasteiger partial charge in [0.05, 0.1) is 30.4 Å². The van der Waals surface area contributed by atoms with Crippen molar-refractivity contribution in [2.75, 3.05) is 7.11 Å². The van der Waals surface area contributed by atoms with E-state index in [0.717, 1.165) is 15.4 Å². The average molecular weight is 396 g/mol. The molecule has 1 aromatic carbocycles. The third-order valence-electron chi connectivity index (χ3n) is 3.24. The molecule has 0 saturated carbocycles. The van der Waals surface area contributed by atoms with Crippen LogP contribution in [0.2, 0.25) is 5.02 Å². The van der Waals surface area contributed by atoms with E-state index >= 15 is 0 Å². The molecule has 0 N–H and O–H groups in total. The maximum absolute atomic E-state index is 6.08. The summed E-state index contributed by atoms with van der Waals surface area (Å²) in [6, 6.07) is 5.34. The van der Waals surface area contributed by atoms with Gasteiger partial charge in [-0.1, -0.05) is 23.8 Å². The maximum atomic E-state index is 6.08. The van der Waals surface area contributed by atoms with Crippen LogP contribution in [0.4, 0.5) is 0 Å². The molecule has 0 bridgehead atoms. The maximum Gasteiger partial charge on any atom is 0.191 e. The predicted octanol–water partition coefficient (Wildman–Crippen LogP) is 4.30. The van der Waals surface area contributed by atoms with E-state index in [4.69, 9.17) is 28.6 Å². The van der Waals surface area contributed by atoms with E-state index in [1.807, 2.05) is 17.8 Å². The van der Waals surface area contributed by atoms with Gasteiger partial charge in [0.25, 0.3) is 0 Å². The van der Waals surface area contributed by atoms with E-state index in [2.05, 4.69) is 20.7 Å². The van der Waals surface area contributed by atoms with E-state index in [9.17, 15) is 0 Å². The fourth-order valence-electron chi connectivity index (χ4n) is 2.19. The van der Waals surface area contributed by atoms with Gasteiger partial charge in [-0.2, -0.15) is 0 Å². The number of halogens is 1. The Labute approximate surface area is 158 Å². The molecule has 0 unspecified atom stereocenters. The molecule has 124 valence electrons. The highest BCUT2D eigenvalue weighted by Gasteiger charge is 2.10. The minimum absolute atomic E-state index is 0.447. The van der Waals surface area contributed by atoms with Crippen LogP contribution in [-0.2, 0) is 6.54 Å². The normalized spacial score (nSPS) is 11.7. The zero-order valence-electron chi connectivity index (χ0n) is 13.0. The molecular formula is C16H14ClN3OS3. The largest absolute Gasteiger partial charge is 0.496 e. The van der Waals surface area contributed by atoms with Crippen molar-refractivity contribution >= 4 is 51.5 Å². The van der Waals surface area contributed by atoms with Crippen LogP contribution in [0, 0.1) is 6.92 Å². The van der Waals surface area contributed by atoms with Crippen LogP contribution in [0.1, 0.15) is 16.1 Å². The number of hydrogen-bond acceptors (Lipinski definition) is 5. The molecule has 8 heteroatoms. The van der Waals surface area contributed by atoms with Crippen LogP contribution in [0.25, 0.3) is 0 Å². The Balaban J connectivity index is 1.99. The van der Waals surface area contributed by atoms with E-state index in [1.54, 1.807) is 48.0 Å². The van der Waals surface area contributed by atoms with Gasteiger partial charge in [-0.15, -0.1) is 22.7 Å². The van der Waals surface area contributed by atoms with Gasteiger partial charge in [0.1, 0.15) is 10.7 Å². The molecule has 0 amide bonds. The van der Waals surface area contributed by atoms with Gasteiger partial charge in [-0.05, 0) is 25.1 Å². The molecule has 0 aliphatic heterocycles. The first-order valence-corrected chi connectivity index (χ1v) is 9.58. The molecule has 0 aliphatic rings. The predicted molar refractivity (Wildman–Crippen MR) is 104 cm³/mol. The summed E-state index contributed by atoms with van der Waals surface area (Å²) in [7, 11) is 1.60. The summed E-state index contributed by atoms with van der Waals surface area (Å²) in [5.74, 6) is 0.660. The summed E-state index contributed by atoms with van der Waals surface area (Å²) in [5, 5.41) is 2.63. The first-order chi connectivity index (χ1) is 11.6. The number of hydrogen-bond donors (Lipinski definition) is 0. The van der Waals surface area contributed by atoms with Crippen molar-refractivity contribution in [1.29, 1.82) is 0 Å². The van der Waals surface area contributed by atoms with Crippen LogP contribution < -0.4 is 9.54 Å². The number of thiazole rings is 2. The monoisotopic (exact) mass is 395 g/mol. The summed E-state index contributed by atoms with van der Waals surface area (Å²) in [6.45, 7) is 2.71. The van der Waals surface area contributed by atoms with Crippen molar-refractivity contribution in [3.05, 3.63) is 61.2 Å². The Hall–Kier alpha value is -1.54. The van der Waals surface area contributed by atoms with Gasteiger partial charge >= 0.3 is 0 Å². The smallest absolute Gasteiger partial charge is 0.191 e. The fourth-order valence-corrected chi connectivity index (χ4v) is 4.05. The van der Waals surface area contributed by atoms with E-state index in [1.165, 1.54) is 0 Å². The van der Waals surface area contributed by atoms with Crippen molar-refractivity contribution in [3.8, 4) is 5.75 Å². The van der Waals surface area contributed by atoms with Gasteiger partial charge in [0.2, 0.25) is 0 Å². The molecule has 0 aliphatic carbocycles. The molecule has 3 aromatic rings. The lowest BCUT2D eigenvalue weighted by Crippen LogP contribution is -2.17. The number of aromatic nitrogens is 2. The number of aryl methyl sites for hydroxylation is 1. The highest BCUT2D eigenvalue weighted by molar-refractivity contribution is 7.80. The second-order valence-corrected chi connectivity index (χ2v) is 7.75.